The summed E-state index contributed by atoms with van der Waals surface area (Å²) in [7, 11) is 0. The van der Waals surface area contributed by atoms with Crippen molar-refractivity contribution in [2.75, 3.05) is 19.6 Å². The normalized spacial score (nSPS) is 18.7. The number of nitrogens with one attached hydrogen (secondary N) is 1. The summed E-state index contributed by atoms with van der Waals surface area (Å²) in [6.45, 7) is 10.3. The Balaban J connectivity index is 2.57. The second kappa shape index (κ2) is 5.43. The summed E-state index contributed by atoms with van der Waals surface area (Å²) in [4.78, 5) is 24.4. The highest BCUT2D eigenvalue weighted by Crippen LogP contribution is 2.21. The predicted molar refractivity (Wildman–Crippen MR) is 62.8 cm³/mol. The largest absolute Gasteiger partial charge is 0.294 e. The van der Waals surface area contributed by atoms with Crippen molar-refractivity contribution in [1.29, 1.82) is 0 Å². The van der Waals surface area contributed by atoms with E-state index in [1.165, 1.54) is 0 Å². The summed E-state index contributed by atoms with van der Waals surface area (Å²) in [5.74, 6) is 1.31. The van der Waals surface area contributed by atoms with Gasteiger partial charge in [0, 0.05) is 6.54 Å². The number of carbonyl (C=O) groups excluding carboxylic acids is 2. The van der Waals surface area contributed by atoms with Crippen LogP contribution in [0.5, 0.6) is 0 Å². The Bertz CT molecular complexity index is 250. The van der Waals surface area contributed by atoms with Gasteiger partial charge in [-0.15, -0.1) is 0 Å². The maximum absolute atomic E-state index is 11.2. The van der Waals surface area contributed by atoms with Gasteiger partial charge in [0.25, 0.3) is 0 Å². The Morgan fingerprint density at radius 3 is 1.88 bits per heavy atom. The molecule has 0 saturated carbocycles. The first-order valence-electron chi connectivity index (χ1n) is 5.95. The van der Waals surface area contributed by atoms with Gasteiger partial charge in [-0.1, -0.05) is 27.7 Å². The Labute approximate surface area is 97.4 Å². The van der Waals surface area contributed by atoms with E-state index >= 15 is 0 Å². The van der Waals surface area contributed by atoms with Crippen molar-refractivity contribution in [3.05, 3.63) is 0 Å². The minimum absolute atomic E-state index is 0.178. The summed E-state index contributed by atoms with van der Waals surface area (Å²) in [5, 5.41) is 2.32. The van der Waals surface area contributed by atoms with Crippen LogP contribution in [0.15, 0.2) is 0 Å². The molecule has 0 spiro atoms. The van der Waals surface area contributed by atoms with Crippen molar-refractivity contribution >= 4 is 11.8 Å². The minimum Gasteiger partial charge on any atom is -0.294 e. The number of carbonyl (C=O) groups is 2. The van der Waals surface area contributed by atoms with Crippen LogP contribution in [0.2, 0.25) is 0 Å². The van der Waals surface area contributed by atoms with Crippen LogP contribution in [0, 0.1) is 17.8 Å². The SMILES string of the molecule is CC(C)C(CN1CC(=O)NC(=O)C1)C(C)C. The zero-order chi connectivity index (χ0) is 12.3. The number of amides is 2. The summed E-state index contributed by atoms with van der Waals surface area (Å²) in [5.41, 5.74) is 0. The monoisotopic (exact) mass is 226 g/mol. The van der Waals surface area contributed by atoms with E-state index in [2.05, 4.69) is 33.0 Å². The van der Waals surface area contributed by atoms with Crippen molar-refractivity contribution in [2.45, 2.75) is 27.7 Å². The highest BCUT2D eigenvalue weighted by atomic mass is 16.2. The highest BCUT2D eigenvalue weighted by molar-refractivity contribution is 5.99. The second-order valence-electron chi connectivity index (χ2n) is 5.29. The van der Waals surface area contributed by atoms with Crippen LogP contribution < -0.4 is 5.32 Å². The molecule has 1 rings (SSSR count). The molecule has 4 nitrogen and oxygen atoms in total. The Morgan fingerprint density at radius 1 is 1.06 bits per heavy atom. The van der Waals surface area contributed by atoms with Gasteiger partial charge in [-0.2, -0.15) is 0 Å². The van der Waals surface area contributed by atoms with Crippen LogP contribution in [0.3, 0.4) is 0 Å². The molecule has 1 heterocycles. The number of imide groups is 1. The molecule has 0 aromatic carbocycles. The van der Waals surface area contributed by atoms with Crippen molar-refractivity contribution in [1.82, 2.24) is 10.2 Å². The fourth-order valence-corrected chi connectivity index (χ4v) is 2.32. The maximum atomic E-state index is 11.2. The number of rotatable bonds is 4. The molecule has 1 fully saturated rings. The van der Waals surface area contributed by atoms with Gasteiger partial charge in [-0.25, -0.2) is 0 Å². The molecular weight excluding hydrogens is 204 g/mol. The molecule has 0 aromatic rings. The topological polar surface area (TPSA) is 49.4 Å². The quantitative estimate of drug-likeness (QED) is 0.724. The smallest absolute Gasteiger partial charge is 0.240 e. The minimum atomic E-state index is -0.178. The van der Waals surface area contributed by atoms with Gasteiger partial charge in [0.1, 0.15) is 0 Å². The zero-order valence-corrected chi connectivity index (χ0v) is 10.6. The summed E-state index contributed by atoms with van der Waals surface area (Å²) < 4.78 is 0. The molecule has 16 heavy (non-hydrogen) atoms. The third-order valence-electron chi connectivity index (χ3n) is 3.19. The molecule has 1 aliphatic heterocycles. The molecule has 92 valence electrons. The Morgan fingerprint density at radius 2 is 1.50 bits per heavy atom. The number of piperazine rings is 1. The second-order valence-corrected chi connectivity index (χ2v) is 5.29. The molecule has 0 radical (unpaired) electrons. The van der Waals surface area contributed by atoms with Crippen molar-refractivity contribution in [2.24, 2.45) is 17.8 Å². The molecule has 1 saturated heterocycles. The summed E-state index contributed by atoms with van der Waals surface area (Å²) in [6.07, 6.45) is 0. The van der Waals surface area contributed by atoms with E-state index < -0.39 is 0 Å². The predicted octanol–water partition coefficient (Wildman–Crippen LogP) is 0.873. The van der Waals surface area contributed by atoms with Crippen molar-refractivity contribution in [3.8, 4) is 0 Å². The van der Waals surface area contributed by atoms with E-state index in [0.29, 0.717) is 30.8 Å². The molecule has 0 unspecified atom stereocenters. The van der Waals surface area contributed by atoms with Gasteiger partial charge < -0.3 is 0 Å². The van der Waals surface area contributed by atoms with Gasteiger partial charge >= 0.3 is 0 Å². The average molecular weight is 226 g/mol. The van der Waals surface area contributed by atoms with Gasteiger partial charge in [-0.3, -0.25) is 19.8 Å². The van der Waals surface area contributed by atoms with Gasteiger partial charge in [0.15, 0.2) is 0 Å². The van der Waals surface area contributed by atoms with E-state index in [9.17, 15) is 9.59 Å². The Kier molecular flexibility index (Phi) is 4.47. The van der Waals surface area contributed by atoms with E-state index in [-0.39, 0.29) is 11.8 Å². The number of hydrogen-bond acceptors (Lipinski definition) is 3. The van der Waals surface area contributed by atoms with Crippen molar-refractivity contribution < 1.29 is 9.59 Å². The zero-order valence-electron chi connectivity index (χ0n) is 10.6. The summed E-state index contributed by atoms with van der Waals surface area (Å²) in [6, 6.07) is 0. The molecule has 0 aliphatic carbocycles. The van der Waals surface area contributed by atoms with Crippen LogP contribution in [-0.2, 0) is 9.59 Å². The average Bonchev–Trinajstić information content (AvgIpc) is 2.11. The number of hydrogen-bond donors (Lipinski definition) is 1. The standard InChI is InChI=1S/C12H22N2O2/c1-8(2)10(9(3)4)5-14-6-11(15)13-12(16)7-14/h8-10H,5-7H2,1-4H3,(H,13,15,16). The maximum Gasteiger partial charge on any atom is 0.240 e. The van der Waals surface area contributed by atoms with E-state index in [0.717, 1.165) is 6.54 Å². The molecular formula is C12H22N2O2. The van der Waals surface area contributed by atoms with Crippen LogP contribution in [0.1, 0.15) is 27.7 Å². The molecule has 2 amide bonds. The van der Waals surface area contributed by atoms with Crippen LogP contribution in [0.4, 0.5) is 0 Å². The Hall–Kier alpha value is -0.900. The van der Waals surface area contributed by atoms with E-state index in [4.69, 9.17) is 0 Å². The fraction of sp³-hybridized carbons (Fsp3) is 0.833. The first kappa shape index (κ1) is 13.2. The first-order chi connectivity index (χ1) is 7.40. The molecule has 1 N–H and O–H groups in total. The van der Waals surface area contributed by atoms with Gasteiger partial charge in [0.05, 0.1) is 13.1 Å². The third-order valence-corrected chi connectivity index (χ3v) is 3.19. The van der Waals surface area contributed by atoms with E-state index in [1.807, 2.05) is 4.90 Å². The summed E-state index contributed by atoms with van der Waals surface area (Å²) >= 11 is 0. The third kappa shape index (κ3) is 3.59. The molecule has 0 atom stereocenters. The van der Waals surface area contributed by atoms with Crippen LogP contribution in [-0.4, -0.2) is 36.3 Å². The van der Waals surface area contributed by atoms with Crippen molar-refractivity contribution in [3.63, 3.8) is 0 Å². The van der Waals surface area contributed by atoms with Gasteiger partial charge in [-0.05, 0) is 17.8 Å². The lowest BCUT2D eigenvalue weighted by Gasteiger charge is -2.33. The van der Waals surface area contributed by atoms with E-state index in [1.54, 1.807) is 0 Å². The fourth-order valence-electron chi connectivity index (χ4n) is 2.32. The lowest BCUT2D eigenvalue weighted by molar-refractivity contribution is -0.136. The molecule has 4 heteroatoms. The lowest BCUT2D eigenvalue weighted by atomic mass is 9.85. The van der Waals surface area contributed by atoms with Crippen LogP contribution in [0.25, 0.3) is 0 Å². The van der Waals surface area contributed by atoms with Crippen LogP contribution >= 0.6 is 0 Å². The number of nitrogens with zero attached hydrogens (tertiary/aromatic N) is 1. The first-order valence-corrected chi connectivity index (χ1v) is 5.95. The molecule has 0 bridgehead atoms. The highest BCUT2D eigenvalue weighted by Gasteiger charge is 2.27. The molecule has 0 aromatic heterocycles. The lowest BCUT2D eigenvalue weighted by Crippen LogP contribution is -2.53. The van der Waals surface area contributed by atoms with Gasteiger partial charge in [0.2, 0.25) is 11.8 Å². The molecule has 1 aliphatic rings.